The van der Waals surface area contributed by atoms with E-state index in [4.69, 9.17) is 0 Å². The zero-order chi connectivity index (χ0) is 11.4. The third kappa shape index (κ3) is 2.84. The molecule has 1 aromatic heterocycles. The summed E-state index contributed by atoms with van der Waals surface area (Å²) in [6.07, 6.45) is 2.73. The molecule has 2 heterocycles. The van der Waals surface area contributed by atoms with Crippen molar-refractivity contribution in [3.8, 4) is 0 Å². The molecule has 0 aromatic carbocycles. The fourth-order valence-electron chi connectivity index (χ4n) is 2.63. The molecular formula is C13H22N2S. The summed E-state index contributed by atoms with van der Waals surface area (Å²) in [5.41, 5.74) is 1.48. The molecule has 16 heavy (non-hydrogen) atoms. The second-order valence-corrected chi connectivity index (χ2v) is 5.57. The topological polar surface area (TPSA) is 15.3 Å². The summed E-state index contributed by atoms with van der Waals surface area (Å²) in [5, 5.41) is 7.77. The molecule has 90 valence electrons. The summed E-state index contributed by atoms with van der Waals surface area (Å²) in [6.45, 7) is 6.01. The molecule has 0 amide bonds. The van der Waals surface area contributed by atoms with Gasteiger partial charge >= 0.3 is 0 Å². The highest BCUT2D eigenvalue weighted by molar-refractivity contribution is 7.07. The van der Waals surface area contributed by atoms with Crippen LogP contribution >= 0.6 is 11.3 Å². The number of hydrogen-bond donors (Lipinski definition) is 1. The van der Waals surface area contributed by atoms with Crippen molar-refractivity contribution in [1.29, 1.82) is 0 Å². The number of thiophene rings is 1. The number of likely N-dealkylation sites (tertiary alicyclic amines) is 1. The summed E-state index contributed by atoms with van der Waals surface area (Å²) in [5.74, 6) is 0.833. The van der Waals surface area contributed by atoms with Crippen LogP contribution in [0.2, 0.25) is 0 Å². The Hall–Kier alpha value is -0.380. The number of hydrogen-bond acceptors (Lipinski definition) is 3. The molecule has 2 nitrogen and oxygen atoms in total. The van der Waals surface area contributed by atoms with Gasteiger partial charge in [0.1, 0.15) is 0 Å². The molecule has 0 saturated carbocycles. The van der Waals surface area contributed by atoms with E-state index in [0.29, 0.717) is 6.04 Å². The van der Waals surface area contributed by atoms with Crippen molar-refractivity contribution >= 4 is 11.3 Å². The first-order valence-electron chi connectivity index (χ1n) is 6.22. The minimum Gasteiger partial charge on any atom is -0.319 e. The van der Waals surface area contributed by atoms with Crippen molar-refractivity contribution in [2.75, 3.05) is 26.7 Å². The molecule has 0 spiro atoms. The average molecular weight is 238 g/mol. The Morgan fingerprint density at radius 3 is 3.19 bits per heavy atom. The second kappa shape index (κ2) is 5.80. The third-order valence-electron chi connectivity index (χ3n) is 3.62. The zero-order valence-electron chi connectivity index (χ0n) is 10.3. The van der Waals surface area contributed by atoms with E-state index in [1.54, 1.807) is 11.3 Å². The normalized spacial score (nSPS) is 24.5. The predicted molar refractivity (Wildman–Crippen MR) is 71.0 cm³/mol. The molecule has 1 saturated heterocycles. The van der Waals surface area contributed by atoms with Crippen LogP contribution in [0.3, 0.4) is 0 Å². The lowest BCUT2D eigenvalue weighted by molar-refractivity contribution is 0.131. The largest absolute Gasteiger partial charge is 0.319 e. The highest BCUT2D eigenvalue weighted by Crippen LogP contribution is 2.27. The van der Waals surface area contributed by atoms with Gasteiger partial charge < -0.3 is 5.32 Å². The maximum atomic E-state index is 3.31. The quantitative estimate of drug-likeness (QED) is 0.867. The van der Waals surface area contributed by atoms with Crippen molar-refractivity contribution in [3.63, 3.8) is 0 Å². The maximum absolute atomic E-state index is 3.31. The summed E-state index contributed by atoms with van der Waals surface area (Å²) < 4.78 is 0. The molecule has 1 aliphatic heterocycles. The van der Waals surface area contributed by atoms with Gasteiger partial charge in [-0.15, -0.1) is 0 Å². The van der Waals surface area contributed by atoms with Crippen LogP contribution < -0.4 is 5.32 Å². The fraction of sp³-hybridized carbons (Fsp3) is 0.692. The number of nitrogens with zero attached hydrogens (tertiary/aromatic N) is 1. The lowest BCUT2D eigenvalue weighted by atomic mass is 9.96. The van der Waals surface area contributed by atoms with Crippen LogP contribution in [0.4, 0.5) is 0 Å². The summed E-state index contributed by atoms with van der Waals surface area (Å²) >= 11 is 1.80. The average Bonchev–Trinajstić information content (AvgIpc) is 2.82. The second-order valence-electron chi connectivity index (χ2n) is 4.79. The van der Waals surface area contributed by atoms with E-state index in [0.717, 1.165) is 12.5 Å². The van der Waals surface area contributed by atoms with Gasteiger partial charge in [-0.3, -0.25) is 4.90 Å². The molecule has 1 fully saturated rings. The van der Waals surface area contributed by atoms with Crippen LogP contribution in [0.1, 0.15) is 31.4 Å². The van der Waals surface area contributed by atoms with Gasteiger partial charge in [-0.25, -0.2) is 0 Å². The molecule has 1 aromatic rings. The number of piperidine rings is 1. The molecule has 0 aliphatic carbocycles. The lowest BCUT2D eigenvalue weighted by Crippen LogP contribution is -2.40. The third-order valence-corrected chi connectivity index (χ3v) is 4.32. The van der Waals surface area contributed by atoms with Gasteiger partial charge in [0.25, 0.3) is 0 Å². The van der Waals surface area contributed by atoms with Gasteiger partial charge in [0.05, 0.1) is 0 Å². The van der Waals surface area contributed by atoms with Crippen LogP contribution in [0.5, 0.6) is 0 Å². The first-order chi connectivity index (χ1) is 7.81. The molecular weight excluding hydrogens is 216 g/mol. The van der Waals surface area contributed by atoms with Crippen molar-refractivity contribution in [2.45, 2.75) is 25.8 Å². The molecule has 2 unspecified atom stereocenters. The minimum absolute atomic E-state index is 0.589. The highest BCUT2D eigenvalue weighted by atomic mass is 32.1. The molecule has 2 rings (SSSR count). The standard InChI is InChI=1S/C13H22N2S/c1-11(13-5-7-16-10-13)15-6-3-4-12(9-15)8-14-2/h5,7,10-12,14H,3-4,6,8-9H2,1-2H3. The summed E-state index contributed by atoms with van der Waals surface area (Å²) in [6, 6.07) is 2.85. The SMILES string of the molecule is CNCC1CCCN(C(C)c2ccsc2)C1. The Labute approximate surface area is 103 Å². The van der Waals surface area contributed by atoms with Crippen LogP contribution in [0.15, 0.2) is 16.8 Å². The van der Waals surface area contributed by atoms with E-state index < -0.39 is 0 Å². The fourth-order valence-corrected chi connectivity index (χ4v) is 3.37. The minimum atomic E-state index is 0.589. The number of nitrogens with one attached hydrogen (secondary N) is 1. The molecule has 0 radical (unpaired) electrons. The van der Waals surface area contributed by atoms with Gasteiger partial charge in [0.2, 0.25) is 0 Å². The Morgan fingerprint density at radius 1 is 1.62 bits per heavy atom. The first-order valence-corrected chi connectivity index (χ1v) is 7.16. The van der Waals surface area contributed by atoms with E-state index in [9.17, 15) is 0 Å². The Morgan fingerprint density at radius 2 is 2.50 bits per heavy atom. The van der Waals surface area contributed by atoms with Crippen molar-refractivity contribution in [3.05, 3.63) is 22.4 Å². The van der Waals surface area contributed by atoms with Crippen molar-refractivity contribution < 1.29 is 0 Å². The van der Waals surface area contributed by atoms with Crippen LogP contribution in [-0.4, -0.2) is 31.6 Å². The summed E-state index contributed by atoms with van der Waals surface area (Å²) in [7, 11) is 2.06. The molecule has 1 N–H and O–H groups in total. The summed E-state index contributed by atoms with van der Waals surface area (Å²) in [4.78, 5) is 2.63. The Bertz CT molecular complexity index is 295. The maximum Gasteiger partial charge on any atom is 0.0328 e. The van der Waals surface area contributed by atoms with Crippen molar-refractivity contribution in [2.24, 2.45) is 5.92 Å². The van der Waals surface area contributed by atoms with Crippen molar-refractivity contribution in [1.82, 2.24) is 10.2 Å². The van der Waals surface area contributed by atoms with Crippen LogP contribution in [0, 0.1) is 5.92 Å². The van der Waals surface area contributed by atoms with Gasteiger partial charge in [0, 0.05) is 12.6 Å². The van der Waals surface area contributed by atoms with E-state index in [-0.39, 0.29) is 0 Å². The first kappa shape index (κ1) is 12.1. The van der Waals surface area contributed by atoms with Gasteiger partial charge in [0.15, 0.2) is 0 Å². The molecule has 3 heteroatoms. The molecule has 0 bridgehead atoms. The smallest absolute Gasteiger partial charge is 0.0328 e. The molecule has 2 atom stereocenters. The van der Waals surface area contributed by atoms with E-state index in [1.807, 2.05) is 0 Å². The monoisotopic (exact) mass is 238 g/mol. The zero-order valence-corrected chi connectivity index (χ0v) is 11.1. The van der Waals surface area contributed by atoms with E-state index in [2.05, 4.69) is 41.0 Å². The predicted octanol–water partition coefficient (Wildman–Crippen LogP) is 2.74. The Kier molecular flexibility index (Phi) is 4.38. The van der Waals surface area contributed by atoms with Gasteiger partial charge in [-0.05, 0) is 68.2 Å². The lowest BCUT2D eigenvalue weighted by Gasteiger charge is -2.36. The van der Waals surface area contributed by atoms with E-state index in [1.165, 1.54) is 31.5 Å². The van der Waals surface area contributed by atoms with Gasteiger partial charge in [-0.2, -0.15) is 11.3 Å². The number of rotatable bonds is 4. The van der Waals surface area contributed by atoms with Crippen LogP contribution in [0.25, 0.3) is 0 Å². The Balaban J connectivity index is 1.93. The highest BCUT2D eigenvalue weighted by Gasteiger charge is 2.23. The van der Waals surface area contributed by atoms with Gasteiger partial charge in [-0.1, -0.05) is 0 Å². The van der Waals surface area contributed by atoms with E-state index >= 15 is 0 Å². The molecule has 1 aliphatic rings. The van der Waals surface area contributed by atoms with Crippen LogP contribution in [-0.2, 0) is 0 Å².